The second-order valence-electron chi connectivity index (χ2n) is 14.8. The lowest BCUT2D eigenvalue weighted by Crippen LogP contribution is -2.59. The maximum Gasteiger partial charge on any atom is 0.184 e. The molecule has 0 amide bonds. The van der Waals surface area contributed by atoms with Gasteiger partial charge in [0.2, 0.25) is 0 Å². The second kappa shape index (κ2) is 9.38. The minimum atomic E-state index is -1.65. The van der Waals surface area contributed by atoms with Crippen LogP contribution in [-0.4, -0.2) is 20.2 Å². The number of rotatable bonds is 7. The van der Waals surface area contributed by atoms with Crippen molar-refractivity contribution in [2.24, 2.45) is 52.3 Å². The Bertz CT molecular complexity index is 711. The summed E-state index contributed by atoms with van der Waals surface area (Å²) in [6.45, 7) is 19.6. The SMILES string of the molecule is CC(C)CCC[C@@H](C)[C@H]1CC[C@H]2[C@@H]3C[C@@H](O[Si](C)(C)C)[C@@H]4CC(=O)CC[C@]4(C)[C@H]3CC[C@]12C. The molecule has 0 aromatic rings. The van der Waals surface area contributed by atoms with Gasteiger partial charge < -0.3 is 4.43 Å². The number of hydrogen-bond donors (Lipinski definition) is 0. The van der Waals surface area contributed by atoms with E-state index < -0.39 is 8.32 Å². The van der Waals surface area contributed by atoms with Crippen LogP contribution in [0, 0.1) is 52.3 Å². The average molecular weight is 475 g/mol. The molecule has 0 heterocycles. The Morgan fingerprint density at radius 1 is 0.939 bits per heavy atom. The molecule has 4 saturated carbocycles. The Balaban J connectivity index is 1.56. The van der Waals surface area contributed by atoms with Gasteiger partial charge in [-0.05, 0) is 110 Å². The summed E-state index contributed by atoms with van der Waals surface area (Å²) < 4.78 is 6.93. The van der Waals surface area contributed by atoms with Gasteiger partial charge in [0.25, 0.3) is 0 Å². The Morgan fingerprint density at radius 3 is 2.30 bits per heavy atom. The fourth-order valence-electron chi connectivity index (χ4n) is 9.67. The highest BCUT2D eigenvalue weighted by Gasteiger charge is 2.62. The molecule has 9 atom stereocenters. The van der Waals surface area contributed by atoms with E-state index in [4.69, 9.17) is 4.43 Å². The normalized spacial score (nSPS) is 44.3. The molecule has 0 bridgehead atoms. The van der Waals surface area contributed by atoms with Gasteiger partial charge in [-0.25, -0.2) is 0 Å². The zero-order chi connectivity index (χ0) is 24.2. The van der Waals surface area contributed by atoms with E-state index >= 15 is 0 Å². The molecule has 190 valence electrons. The van der Waals surface area contributed by atoms with Crippen LogP contribution in [0.25, 0.3) is 0 Å². The van der Waals surface area contributed by atoms with E-state index in [1.165, 1.54) is 51.4 Å². The van der Waals surface area contributed by atoms with Crippen LogP contribution < -0.4 is 0 Å². The van der Waals surface area contributed by atoms with Crippen LogP contribution >= 0.6 is 0 Å². The smallest absolute Gasteiger partial charge is 0.184 e. The van der Waals surface area contributed by atoms with Gasteiger partial charge in [-0.3, -0.25) is 4.79 Å². The molecule has 0 aromatic heterocycles. The maximum absolute atomic E-state index is 12.6. The van der Waals surface area contributed by atoms with Gasteiger partial charge in [-0.2, -0.15) is 0 Å². The van der Waals surface area contributed by atoms with E-state index in [0.717, 1.165) is 54.8 Å². The Labute approximate surface area is 206 Å². The Hall–Kier alpha value is -0.153. The summed E-state index contributed by atoms with van der Waals surface area (Å²) in [5.41, 5.74) is 0.833. The van der Waals surface area contributed by atoms with Crippen molar-refractivity contribution in [1.82, 2.24) is 0 Å². The molecule has 4 aliphatic rings. The van der Waals surface area contributed by atoms with Crippen LogP contribution in [0.5, 0.6) is 0 Å². The largest absolute Gasteiger partial charge is 0.414 e. The number of carbonyl (C=O) groups is 1. The molecule has 2 nitrogen and oxygen atoms in total. The highest BCUT2D eigenvalue weighted by Crippen LogP contribution is 2.68. The van der Waals surface area contributed by atoms with Crippen molar-refractivity contribution in [1.29, 1.82) is 0 Å². The van der Waals surface area contributed by atoms with E-state index in [0.29, 0.717) is 28.6 Å². The molecule has 0 aromatic carbocycles. The second-order valence-corrected chi connectivity index (χ2v) is 19.2. The van der Waals surface area contributed by atoms with E-state index in [9.17, 15) is 4.79 Å². The first-order chi connectivity index (χ1) is 15.3. The minimum Gasteiger partial charge on any atom is -0.414 e. The summed E-state index contributed by atoms with van der Waals surface area (Å²) >= 11 is 0. The van der Waals surface area contributed by atoms with Gasteiger partial charge in [0.15, 0.2) is 8.32 Å². The lowest BCUT2D eigenvalue weighted by molar-refractivity contribution is -0.163. The Kier molecular flexibility index (Phi) is 7.37. The van der Waals surface area contributed by atoms with Crippen LogP contribution in [0.15, 0.2) is 0 Å². The third-order valence-electron chi connectivity index (χ3n) is 11.2. The monoisotopic (exact) mass is 474 g/mol. The summed E-state index contributed by atoms with van der Waals surface area (Å²) in [6.07, 6.45) is 14.2. The van der Waals surface area contributed by atoms with Crippen LogP contribution in [0.2, 0.25) is 19.6 Å². The fourth-order valence-corrected chi connectivity index (χ4v) is 10.8. The molecule has 0 N–H and O–H groups in total. The van der Waals surface area contributed by atoms with Gasteiger partial charge in [0, 0.05) is 18.9 Å². The molecule has 0 unspecified atom stereocenters. The summed E-state index contributed by atoms with van der Waals surface area (Å²) in [6, 6.07) is 0. The molecule has 4 fully saturated rings. The first-order valence-electron chi connectivity index (χ1n) is 14.5. The van der Waals surface area contributed by atoms with E-state index in [2.05, 4.69) is 54.3 Å². The maximum atomic E-state index is 12.6. The molecular formula is C30H54O2Si. The van der Waals surface area contributed by atoms with Crippen molar-refractivity contribution < 1.29 is 9.22 Å². The van der Waals surface area contributed by atoms with Crippen LogP contribution in [-0.2, 0) is 9.22 Å². The first kappa shape index (κ1) is 25.9. The minimum absolute atomic E-state index is 0.309. The van der Waals surface area contributed by atoms with Crippen molar-refractivity contribution >= 4 is 14.1 Å². The van der Waals surface area contributed by atoms with Crippen molar-refractivity contribution in [2.45, 2.75) is 131 Å². The summed E-state index contributed by atoms with van der Waals surface area (Å²) in [4.78, 5) is 12.6. The first-order valence-corrected chi connectivity index (χ1v) is 18.0. The van der Waals surface area contributed by atoms with Crippen molar-refractivity contribution in [3.63, 3.8) is 0 Å². The lowest BCUT2D eigenvalue weighted by Gasteiger charge is -2.62. The molecule has 0 spiro atoms. The number of fused-ring (bicyclic) bond motifs is 5. The predicted molar refractivity (Wildman–Crippen MR) is 142 cm³/mol. The van der Waals surface area contributed by atoms with Gasteiger partial charge in [0.1, 0.15) is 5.78 Å². The Morgan fingerprint density at radius 2 is 1.64 bits per heavy atom. The summed E-state index contributed by atoms with van der Waals surface area (Å²) in [5, 5.41) is 0. The highest BCUT2D eigenvalue weighted by atomic mass is 28.4. The molecule has 4 aliphatic carbocycles. The van der Waals surface area contributed by atoms with Crippen molar-refractivity contribution in [3.8, 4) is 0 Å². The highest BCUT2D eigenvalue weighted by molar-refractivity contribution is 6.69. The van der Waals surface area contributed by atoms with Crippen LogP contribution in [0.4, 0.5) is 0 Å². The van der Waals surface area contributed by atoms with Crippen LogP contribution in [0.3, 0.4) is 0 Å². The third-order valence-corrected chi connectivity index (χ3v) is 12.2. The number of hydrogen-bond acceptors (Lipinski definition) is 2. The molecule has 0 radical (unpaired) electrons. The van der Waals surface area contributed by atoms with E-state index in [-0.39, 0.29) is 0 Å². The lowest BCUT2D eigenvalue weighted by atomic mass is 9.44. The van der Waals surface area contributed by atoms with Crippen molar-refractivity contribution in [2.75, 3.05) is 0 Å². The quantitative estimate of drug-likeness (QED) is 0.346. The number of Topliss-reactive ketones (excluding diaryl/α,β-unsaturated/α-hetero) is 1. The van der Waals surface area contributed by atoms with Gasteiger partial charge in [-0.1, -0.05) is 53.9 Å². The predicted octanol–water partition coefficient (Wildman–Crippen LogP) is 8.51. The molecule has 0 saturated heterocycles. The number of carbonyl (C=O) groups excluding carboxylic acids is 1. The van der Waals surface area contributed by atoms with Crippen LogP contribution in [0.1, 0.15) is 105 Å². The van der Waals surface area contributed by atoms with Crippen molar-refractivity contribution in [3.05, 3.63) is 0 Å². The zero-order valence-electron chi connectivity index (χ0n) is 23.2. The molecular weight excluding hydrogens is 420 g/mol. The third kappa shape index (κ3) is 4.93. The van der Waals surface area contributed by atoms with Gasteiger partial charge in [0.05, 0.1) is 0 Å². The zero-order valence-corrected chi connectivity index (χ0v) is 24.2. The molecule has 3 heteroatoms. The fraction of sp³-hybridized carbons (Fsp3) is 0.967. The molecule has 0 aliphatic heterocycles. The van der Waals surface area contributed by atoms with Gasteiger partial charge >= 0.3 is 0 Å². The summed E-state index contributed by atoms with van der Waals surface area (Å²) in [7, 11) is -1.65. The van der Waals surface area contributed by atoms with E-state index in [1.807, 2.05) is 0 Å². The standard InChI is InChI=1S/C30H54O2Si/c1-20(2)10-9-11-21(3)24-12-13-25-23-19-28(32-33(6,7)8)27-18-22(31)14-16-30(27,5)26(23)15-17-29(24,25)4/h20-21,23-28H,9-19H2,1-8H3/t21-,23+,24-,25+,26+,27+,28-,29-,30-/m1/s1. The molecule has 33 heavy (non-hydrogen) atoms. The van der Waals surface area contributed by atoms with E-state index in [1.54, 1.807) is 0 Å². The number of ketones is 1. The topological polar surface area (TPSA) is 26.3 Å². The summed E-state index contributed by atoms with van der Waals surface area (Å²) in [5.74, 6) is 6.06. The molecule has 4 rings (SSSR count). The van der Waals surface area contributed by atoms with Gasteiger partial charge in [-0.15, -0.1) is 0 Å². The average Bonchev–Trinajstić information content (AvgIpc) is 3.05.